The van der Waals surface area contributed by atoms with E-state index in [0.29, 0.717) is 29.3 Å². The summed E-state index contributed by atoms with van der Waals surface area (Å²) in [6.07, 6.45) is 1.62. The molecule has 0 unspecified atom stereocenters. The molecule has 0 aliphatic heterocycles. The lowest BCUT2D eigenvalue weighted by Gasteiger charge is -2.09. The van der Waals surface area contributed by atoms with Crippen LogP contribution in [0.3, 0.4) is 0 Å². The molecular formula is C15H17N3O2. The first-order valence-corrected chi connectivity index (χ1v) is 6.36. The maximum absolute atomic E-state index is 12.1. The number of aromatic nitrogens is 1. The number of rotatable bonds is 4. The Kier molecular flexibility index (Phi) is 4.20. The minimum Gasteiger partial charge on any atom is -0.492 e. The van der Waals surface area contributed by atoms with Gasteiger partial charge in [-0.15, -0.1) is 0 Å². The Bertz CT molecular complexity index is 609. The van der Waals surface area contributed by atoms with E-state index in [1.165, 1.54) is 0 Å². The van der Waals surface area contributed by atoms with Crippen LogP contribution in [0.5, 0.6) is 5.75 Å². The molecule has 0 atom stereocenters. The molecule has 1 heterocycles. The van der Waals surface area contributed by atoms with Crippen LogP contribution in [0.4, 0.5) is 11.4 Å². The minimum absolute atomic E-state index is 0.231. The van der Waals surface area contributed by atoms with Crippen LogP contribution in [-0.4, -0.2) is 17.5 Å². The number of carbonyl (C=O) groups excluding carboxylic acids is 1. The molecule has 104 valence electrons. The number of nitrogen functional groups attached to an aromatic ring is 1. The van der Waals surface area contributed by atoms with Gasteiger partial charge in [-0.1, -0.05) is 0 Å². The lowest BCUT2D eigenvalue weighted by molar-refractivity contribution is 0.102. The highest BCUT2D eigenvalue weighted by Gasteiger charge is 2.09. The number of anilines is 2. The third kappa shape index (κ3) is 3.26. The molecule has 1 amide bonds. The largest absolute Gasteiger partial charge is 0.492 e. The Hall–Kier alpha value is -2.56. The minimum atomic E-state index is -0.231. The van der Waals surface area contributed by atoms with Gasteiger partial charge in [0.1, 0.15) is 5.75 Å². The van der Waals surface area contributed by atoms with Crippen molar-refractivity contribution in [3.8, 4) is 5.75 Å². The molecule has 0 saturated heterocycles. The quantitative estimate of drug-likeness (QED) is 0.838. The van der Waals surface area contributed by atoms with E-state index < -0.39 is 0 Å². The highest BCUT2D eigenvalue weighted by molar-refractivity contribution is 6.04. The monoisotopic (exact) mass is 271 g/mol. The molecule has 0 saturated carbocycles. The highest BCUT2D eigenvalue weighted by atomic mass is 16.5. The fourth-order valence-corrected chi connectivity index (χ4v) is 1.72. The van der Waals surface area contributed by atoms with Crippen molar-refractivity contribution in [2.45, 2.75) is 13.8 Å². The molecule has 0 bridgehead atoms. The third-order valence-electron chi connectivity index (χ3n) is 2.74. The average Bonchev–Trinajstić information content (AvgIpc) is 2.44. The summed E-state index contributed by atoms with van der Waals surface area (Å²) < 4.78 is 5.34. The third-order valence-corrected chi connectivity index (χ3v) is 2.74. The summed E-state index contributed by atoms with van der Waals surface area (Å²) in [4.78, 5) is 16.2. The molecule has 5 nitrogen and oxygen atoms in total. The van der Waals surface area contributed by atoms with Crippen LogP contribution in [-0.2, 0) is 0 Å². The number of carbonyl (C=O) groups is 1. The molecule has 0 aliphatic rings. The number of hydrogen-bond acceptors (Lipinski definition) is 4. The van der Waals surface area contributed by atoms with Crippen molar-refractivity contribution in [2.75, 3.05) is 17.7 Å². The van der Waals surface area contributed by atoms with Gasteiger partial charge >= 0.3 is 0 Å². The molecule has 2 aromatic rings. The summed E-state index contributed by atoms with van der Waals surface area (Å²) in [5, 5.41) is 2.77. The Morgan fingerprint density at radius 1 is 1.35 bits per heavy atom. The van der Waals surface area contributed by atoms with E-state index >= 15 is 0 Å². The molecule has 3 N–H and O–H groups in total. The first-order valence-electron chi connectivity index (χ1n) is 6.36. The van der Waals surface area contributed by atoms with E-state index in [0.717, 1.165) is 5.69 Å². The van der Waals surface area contributed by atoms with Crippen LogP contribution < -0.4 is 15.8 Å². The maximum Gasteiger partial charge on any atom is 0.255 e. The van der Waals surface area contributed by atoms with Gasteiger partial charge in [0.2, 0.25) is 0 Å². The van der Waals surface area contributed by atoms with Crippen LogP contribution in [0.25, 0.3) is 0 Å². The first kappa shape index (κ1) is 13.9. The van der Waals surface area contributed by atoms with Gasteiger partial charge in [0, 0.05) is 11.3 Å². The summed E-state index contributed by atoms with van der Waals surface area (Å²) in [7, 11) is 0. The molecular weight excluding hydrogens is 254 g/mol. The van der Waals surface area contributed by atoms with Crippen LogP contribution in [0, 0.1) is 6.92 Å². The number of ether oxygens (including phenoxy) is 1. The number of pyridine rings is 1. The second-order valence-corrected chi connectivity index (χ2v) is 4.33. The number of benzene rings is 1. The average molecular weight is 271 g/mol. The van der Waals surface area contributed by atoms with Gasteiger partial charge in [0.15, 0.2) is 0 Å². The van der Waals surface area contributed by atoms with E-state index in [1.807, 2.05) is 19.9 Å². The molecule has 0 aliphatic carbocycles. The van der Waals surface area contributed by atoms with Gasteiger partial charge in [-0.2, -0.15) is 0 Å². The van der Waals surface area contributed by atoms with Gasteiger partial charge in [-0.25, -0.2) is 0 Å². The second kappa shape index (κ2) is 6.06. The van der Waals surface area contributed by atoms with E-state index in [4.69, 9.17) is 10.5 Å². The van der Waals surface area contributed by atoms with Gasteiger partial charge in [0.25, 0.3) is 5.91 Å². The molecule has 2 rings (SSSR count). The standard InChI is InChI=1S/C15H17N3O2/c1-3-20-14-7-5-11(8-13(14)16)15(19)18-12-6-4-10(2)17-9-12/h4-9H,3,16H2,1-2H3,(H,18,19). The first-order chi connectivity index (χ1) is 9.60. The van der Waals surface area contributed by atoms with Gasteiger partial charge in [-0.05, 0) is 44.2 Å². The van der Waals surface area contributed by atoms with Crippen LogP contribution in [0.2, 0.25) is 0 Å². The molecule has 1 aromatic heterocycles. The van der Waals surface area contributed by atoms with Crippen LogP contribution in [0.15, 0.2) is 36.5 Å². The lowest BCUT2D eigenvalue weighted by Crippen LogP contribution is -2.12. The topological polar surface area (TPSA) is 77.2 Å². The lowest BCUT2D eigenvalue weighted by atomic mass is 10.1. The van der Waals surface area contributed by atoms with E-state index in [1.54, 1.807) is 30.5 Å². The molecule has 0 spiro atoms. The van der Waals surface area contributed by atoms with Gasteiger partial charge < -0.3 is 15.8 Å². The molecule has 20 heavy (non-hydrogen) atoms. The number of amides is 1. The molecule has 0 fully saturated rings. The van der Waals surface area contributed by atoms with Crippen molar-refractivity contribution in [3.05, 3.63) is 47.8 Å². The number of nitrogens with two attached hydrogens (primary N) is 1. The number of nitrogens with zero attached hydrogens (tertiary/aromatic N) is 1. The molecule has 0 radical (unpaired) electrons. The zero-order valence-electron chi connectivity index (χ0n) is 11.5. The summed E-state index contributed by atoms with van der Waals surface area (Å²) in [6.45, 7) is 4.30. The number of aryl methyl sites for hydroxylation is 1. The Morgan fingerprint density at radius 2 is 2.15 bits per heavy atom. The zero-order valence-corrected chi connectivity index (χ0v) is 11.5. The smallest absolute Gasteiger partial charge is 0.255 e. The predicted molar refractivity (Wildman–Crippen MR) is 79.0 cm³/mol. The van der Waals surface area contributed by atoms with E-state index in [-0.39, 0.29) is 5.91 Å². The molecule has 5 heteroatoms. The summed E-state index contributed by atoms with van der Waals surface area (Å²) in [6, 6.07) is 8.61. The zero-order chi connectivity index (χ0) is 14.5. The van der Waals surface area contributed by atoms with Gasteiger partial charge in [0.05, 0.1) is 24.2 Å². The van der Waals surface area contributed by atoms with Crippen molar-refractivity contribution in [2.24, 2.45) is 0 Å². The highest BCUT2D eigenvalue weighted by Crippen LogP contribution is 2.23. The Morgan fingerprint density at radius 3 is 2.75 bits per heavy atom. The summed E-state index contributed by atoms with van der Waals surface area (Å²) >= 11 is 0. The van der Waals surface area contributed by atoms with Crippen molar-refractivity contribution < 1.29 is 9.53 Å². The van der Waals surface area contributed by atoms with Crippen molar-refractivity contribution in [3.63, 3.8) is 0 Å². The van der Waals surface area contributed by atoms with Crippen LogP contribution >= 0.6 is 0 Å². The fourth-order valence-electron chi connectivity index (χ4n) is 1.72. The molecule has 1 aromatic carbocycles. The fraction of sp³-hybridized carbons (Fsp3) is 0.200. The number of hydrogen-bond donors (Lipinski definition) is 2. The van der Waals surface area contributed by atoms with Crippen molar-refractivity contribution >= 4 is 17.3 Å². The second-order valence-electron chi connectivity index (χ2n) is 4.33. The Labute approximate surface area is 117 Å². The normalized spacial score (nSPS) is 10.1. The van der Waals surface area contributed by atoms with Crippen LogP contribution in [0.1, 0.15) is 23.0 Å². The summed E-state index contributed by atoms with van der Waals surface area (Å²) in [5.41, 5.74) is 8.31. The maximum atomic E-state index is 12.1. The number of nitrogens with one attached hydrogen (secondary N) is 1. The van der Waals surface area contributed by atoms with Crippen molar-refractivity contribution in [1.29, 1.82) is 0 Å². The summed E-state index contributed by atoms with van der Waals surface area (Å²) in [5.74, 6) is 0.353. The van der Waals surface area contributed by atoms with Crippen molar-refractivity contribution in [1.82, 2.24) is 4.98 Å². The predicted octanol–water partition coefficient (Wildman–Crippen LogP) is 2.62. The Balaban J connectivity index is 2.13. The van der Waals surface area contributed by atoms with E-state index in [2.05, 4.69) is 10.3 Å². The van der Waals surface area contributed by atoms with E-state index in [9.17, 15) is 4.79 Å². The van der Waals surface area contributed by atoms with Gasteiger partial charge in [-0.3, -0.25) is 9.78 Å². The SMILES string of the molecule is CCOc1ccc(C(=O)Nc2ccc(C)nc2)cc1N.